The third kappa shape index (κ3) is 3.28. The van der Waals surface area contributed by atoms with Gasteiger partial charge in [0.25, 0.3) is 0 Å². The van der Waals surface area contributed by atoms with E-state index in [-0.39, 0.29) is 0 Å². The third-order valence-corrected chi connectivity index (χ3v) is 4.45. The number of ether oxygens (including phenoxy) is 1. The Morgan fingerprint density at radius 3 is 3.16 bits per heavy atom. The Hall–Kier alpha value is -0.620. The first-order chi connectivity index (χ1) is 9.33. The zero-order valence-electron chi connectivity index (χ0n) is 11.0. The van der Waals surface area contributed by atoms with Crippen LogP contribution in [0.5, 0.6) is 0 Å². The molecule has 0 bridgehead atoms. The maximum Gasteiger partial charge on any atom is 0.0958 e. The molecule has 1 atom stereocenters. The van der Waals surface area contributed by atoms with E-state index in [2.05, 4.69) is 50.3 Å². The van der Waals surface area contributed by atoms with E-state index in [1.54, 1.807) is 0 Å². The fourth-order valence-corrected chi connectivity index (χ4v) is 3.21. The van der Waals surface area contributed by atoms with Crippen molar-refractivity contribution in [1.29, 1.82) is 0 Å². The highest BCUT2D eigenvalue weighted by Crippen LogP contribution is 2.20. The Morgan fingerprint density at radius 2 is 2.32 bits per heavy atom. The van der Waals surface area contributed by atoms with Crippen LogP contribution in [-0.4, -0.2) is 22.3 Å². The standard InChI is InChI=1S/C15H19IN2O/c16-12-6-7-14-15(10-12)18(11-17-14)8-3-5-13-4-1-2-9-19-13/h6-7,10-11,13H,1-5,8-9H2. The van der Waals surface area contributed by atoms with Crippen molar-refractivity contribution < 1.29 is 4.74 Å². The number of rotatable bonds is 4. The summed E-state index contributed by atoms with van der Waals surface area (Å²) in [5, 5.41) is 0. The minimum Gasteiger partial charge on any atom is -0.378 e. The lowest BCUT2D eigenvalue weighted by atomic mass is 10.0. The highest BCUT2D eigenvalue weighted by molar-refractivity contribution is 14.1. The van der Waals surface area contributed by atoms with Crippen LogP contribution in [0, 0.1) is 3.57 Å². The number of imidazole rings is 1. The smallest absolute Gasteiger partial charge is 0.0958 e. The number of nitrogens with zero attached hydrogens (tertiary/aromatic N) is 2. The number of hydrogen-bond donors (Lipinski definition) is 0. The molecular weight excluding hydrogens is 351 g/mol. The molecule has 0 amide bonds. The van der Waals surface area contributed by atoms with Crippen LogP contribution in [-0.2, 0) is 11.3 Å². The van der Waals surface area contributed by atoms with Crippen LogP contribution >= 0.6 is 22.6 Å². The maximum absolute atomic E-state index is 5.78. The van der Waals surface area contributed by atoms with Crippen molar-refractivity contribution in [2.45, 2.75) is 44.8 Å². The largest absolute Gasteiger partial charge is 0.378 e. The van der Waals surface area contributed by atoms with Crippen LogP contribution in [0.3, 0.4) is 0 Å². The summed E-state index contributed by atoms with van der Waals surface area (Å²) in [7, 11) is 0. The van der Waals surface area contributed by atoms with E-state index in [4.69, 9.17) is 4.74 Å². The molecule has 0 N–H and O–H groups in total. The van der Waals surface area contributed by atoms with Crippen LogP contribution in [0.4, 0.5) is 0 Å². The van der Waals surface area contributed by atoms with E-state index in [9.17, 15) is 0 Å². The average Bonchev–Trinajstić information content (AvgIpc) is 2.83. The predicted molar refractivity (Wildman–Crippen MR) is 85.3 cm³/mol. The molecule has 0 radical (unpaired) electrons. The Bertz CT molecular complexity index is 546. The Labute approximate surface area is 127 Å². The highest BCUT2D eigenvalue weighted by Gasteiger charge is 2.13. The van der Waals surface area contributed by atoms with Gasteiger partial charge in [-0.25, -0.2) is 4.98 Å². The van der Waals surface area contributed by atoms with Gasteiger partial charge in [-0.2, -0.15) is 0 Å². The van der Waals surface area contributed by atoms with Crippen LogP contribution in [0.25, 0.3) is 11.0 Å². The normalized spacial score (nSPS) is 19.9. The average molecular weight is 370 g/mol. The van der Waals surface area contributed by atoms with Crippen LogP contribution in [0.1, 0.15) is 32.1 Å². The minimum atomic E-state index is 0.490. The van der Waals surface area contributed by atoms with Gasteiger partial charge in [-0.05, 0) is 72.9 Å². The first-order valence-electron chi connectivity index (χ1n) is 7.05. The van der Waals surface area contributed by atoms with Crippen molar-refractivity contribution in [2.75, 3.05) is 6.61 Å². The zero-order chi connectivity index (χ0) is 13.1. The molecule has 4 heteroatoms. The van der Waals surface area contributed by atoms with Gasteiger partial charge in [0.15, 0.2) is 0 Å². The zero-order valence-corrected chi connectivity index (χ0v) is 13.2. The number of aryl methyl sites for hydroxylation is 1. The lowest BCUT2D eigenvalue weighted by molar-refractivity contribution is 0.00956. The second-order valence-corrected chi connectivity index (χ2v) is 6.45. The Balaban J connectivity index is 1.60. The molecule has 0 saturated carbocycles. The first-order valence-corrected chi connectivity index (χ1v) is 8.13. The summed E-state index contributed by atoms with van der Waals surface area (Å²) in [5.74, 6) is 0. The first kappa shape index (κ1) is 13.4. The molecule has 1 unspecified atom stereocenters. The molecule has 1 aliphatic heterocycles. The topological polar surface area (TPSA) is 27.1 Å². The summed E-state index contributed by atoms with van der Waals surface area (Å²) in [4.78, 5) is 4.45. The summed E-state index contributed by atoms with van der Waals surface area (Å²) in [6.45, 7) is 1.99. The number of aromatic nitrogens is 2. The van der Waals surface area contributed by atoms with E-state index in [1.807, 2.05) is 6.33 Å². The highest BCUT2D eigenvalue weighted by atomic mass is 127. The van der Waals surface area contributed by atoms with Gasteiger partial charge in [0.1, 0.15) is 0 Å². The molecular formula is C15H19IN2O. The van der Waals surface area contributed by atoms with Crippen LogP contribution < -0.4 is 0 Å². The number of halogens is 1. The second-order valence-electron chi connectivity index (χ2n) is 5.20. The van der Waals surface area contributed by atoms with Gasteiger partial charge in [-0.1, -0.05) is 0 Å². The van der Waals surface area contributed by atoms with Gasteiger partial charge in [-0.15, -0.1) is 0 Å². The summed E-state index contributed by atoms with van der Waals surface area (Å²) >= 11 is 2.35. The molecule has 2 aromatic rings. The monoisotopic (exact) mass is 370 g/mol. The maximum atomic E-state index is 5.78. The van der Waals surface area contributed by atoms with Crippen LogP contribution in [0.15, 0.2) is 24.5 Å². The van der Waals surface area contributed by atoms with Gasteiger partial charge in [-0.3, -0.25) is 0 Å². The van der Waals surface area contributed by atoms with Crippen molar-refractivity contribution >= 4 is 33.6 Å². The van der Waals surface area contributed by atoms with E-state index >= 15 is 0 Å². The fraction of sp³-hybridized carbons (Fsp3) is 0.533. The van der Waals surface area contributed by atoms with Gasteiger partial charge in [0.05, 0.1) is 23.5 Å². The molecule has 1 saturated heterocycles. The Morgan fingerprint density at radius 1 is 1.37 bits per heavy atom. The molecule has 1 aromatic heterocycles. The SMILES string of the molecule is Ic1ccc2ncn(CCCC3CCCCO3)c2c1. The van der Waals surface area contributed by atoms with Gasteiger partial charge < -0.3 is 9.30 Å². The van der Waals surface area contributed by atoms with Crippen molar-refractivity contribution in [3.63, 3.8) is 0 Å². The van der Waals surface area contributed by atoms with E-state index in [0.29, 0.717) is 6.10 Å². The van der Waals surface area contributed by atoms with Crippen molar-refractivity contribution in [1.82, 2.24) is 9.55 Å². The predicted octanol–water partition coefficient (Wildman–Crippen LogP) is 3.99. The number of hydrogen-bond acceptors (Lipinski definition) is 2. The quantitative estimate of drug-likeness (QED) is 0.761. The van der Waals surface area contributed by atoms with E-state index < -0.39 is 0 Å². The molecule has 102 valence electrons. The van der Waals surface area contributed by atoms with Crippen LogP contribution in [0.2, 0.25) is 0 Å². The summed E-state index contributed by atoms with van der Waals surface area (Å²) in [5.41, 5.74) is 2.34. The number of benzene rings is 1. The lowest BCUT2D eigenvalue weighted by Gasteiger charge is -2.22. The Kier molecular flexibility index (Phi) is 4.38. The molecule has 3 rings (SSSR count). The van der Waals surface area contributed by atoms with Gasteiger partial charge >= 0.3 is 0 Å². The lowest BCUT2D eigenvalue weighted by Crippen LogP contribution is -2.19. The molecule has 1 aromatic carbocycles. The molecule has 1 aliphatic rings. The molecule has 0 aliphatic carbocycles. The van der Waals surface area contributed by atoms with Gasteiger partial charge in [0.2, 0.25) is 0 Å². The fourth-order valence-electron chi connectivity index (χ4n) is 2.73. The molecule has 2 heterocycles. The molecule has 1 fully saturated rings. The molecule has 19 heavy (non-hydrogen) atoms. The summed E-state index contributed by atoms with van der Waals surface area (Å²) in [6, 6.07) is 6.41. The van der Waals surface area contributed by atoms with Crippen molar-refractivity contribution in [2.24, 2.45) is 0 Å². The van der Waals surface area contributed by atoms with Gasteiger partial charge in [0, 0.05) is 16.7 Å². The number of fused-ring (bicyclic) bond motifs is 1. The van der Waals surface area contributed by atoms with Crippen molar-refractivity contribution in [3.05, 3.63) is 28.1 Å². The third-order valence-electron chi connectivity index (χ3n) is 3.78. The van der Waals surface area contributed by atoms with E-state index in [1.165, 1.54) is 41.2 Å². The minimum absolute atomic E-state index is 0.490. The summed E-state index contributed by atoms with van der Waals surface area (Å²) < 4.78 is 9.31. The second kappa shape index (κ2) is 6.22. The molecule has 0 spiro atoms. The molecule has 3 nitrogen and oxygen atoms in total. The van der Waals surface area contributed by atoms with Crippen molar-refractivity contribution in [3.8, 4) is 0 Å². The van der Waals surface area contributed by atoms with E-state index in [0.717, 1.165) is 18.7 Å². The summed E-state index contributed by atoms with van der Waals surface area (Å²) in [6.07, 6.45) is 8.59.